The first-order valence-corrected chi connectivity index (χ1v) is 13.8. The maximum absolute atomic E-state index is 7.41. The molecule has 0 spiro atoms. The second kappa shape index (κ2) is 8.40. The van der Waals surface area contributed by atoms with Crippen LogP contribution in [0.2, 0.25) is 16.6 Å². The third-order valence-corrected chi connectivity index (χ3v) is 12.5. The summed E-state index contributed by atoms with van der Waals surface area (Å²) in [7, 11) is -2.05. The zero-order chi connectivity index (χ0) is 23.2. The third kappa shape index (κ3) is 5.49. The maximum Gasteiger partial charge on any atom is 0.258 e. The second-order valence-electron chi connectivity index (χ2n) is 13.1. The largest absolute Gasteiger partial charge is 0.542 e. The number of hydrogen-bond donors (Lipinski definition) is 0. The van der Waals surface area contributed by atoms with E-state index in [0.717, 1.165) is 0 Å². The lowest BCUT2D eigenvalue weighted by Gasteiger charge is -2.45. The van der Waals surface area contributed by atoms with Crippen LogP contribution in [0.4, 0.5) is 0 Å². The van der Waals surface area contributed by atoms with E-state index in [-0.39, 0.29) is 16.2 Å². The van der Waals surface area contributed by atoms with Crippen LogP contribution in [0.15, 0.2) is 12.1 Å². The lowest BCUT2D eigenvalue weighted by atomic mass is 9.75. The van der Waals surface area contributed by atoms with E-state index in [2.05, 4.69) is 116 Å². The molecule has 1 nitrogen and oxygen atoms in total. The van der Waals surface area contributed by atoms with Crippen LogP contribution in [0.1, 0.15) is 121 Å². The molecule has 0 radical (unpaired) electrons. The van der Waals surface area contributed by atoms with E-state index in [1.807, 2.05) is 0 Å². The zero-order valence-corrected chi connectivity index (χ0v) is 23.3. The Bertz CT molecular complexity index is 634. The van der Waals surface area contributed by atoms with Gasteiger partial charge in [0.05, 0.1) is 0 Å². The fourth-order valence-electron chi connectivity index (χ4n) is 4.82. The molecule has 0 saturated heterocycles. The lowest BCUT2D eigenvalue weighted by Crippen LogP contribution is -2.51. The van der Waals surface area contributed by atoms with Crippen LogP contribution in [0.3, 0.4) is 0 Å². The summed E-state index contributed by atoms with van der Waals surface area (Å²) in [6, 6.07) is 4.87. The van der Waals surface area contributed by atoms with Crippen molar-refractivity contribution in [2.24, 2.45) is 0 Å². The molecule has 2 heteroatoms. The fraction of sp³-hybridized carbons (Fsp3) is 0.778. The van der Waals surface area contributed by atoms with Crippen LogP contribution in [0, 0.1) is 0 Å². The Balaban J connectivity index is 4.02. The van der Waals surface area contributed by atoms with Crippen molar-refractivity contribution in [3.8, 4) is 5.75 Å². The van der Waals surface area contributed by atoms with Gasteiger partial charge in [0.1, 0.15) is 5.75 Å². The molecule has 0 saturated carbocycles. The van der Waals surface area contributed by atoms with Gasteiger partial charge in [0.25, 0.3) is 8.32 Å². The molecule has 1 rings (SSSR count). The molecule has 0 fully saturated rings. The van der Waals surface area contributed by atoms with Gasteiger partial charge in [0.2, 0.25) is 0 Å². The summed E-state index contributed by atoms with van der Waals surface area (Å²) < 4.78 is 7.41. The van der Waals surface area contributed by atoms with Gasteiger partial charge in [0.15, 0.2) is 0 Å². The molecule has 0 aliphatic rings. The predicted molar refractivity (Wildman–Crippen MR) is 134 cm³/mol. The normalized spacial score (nSPS) is 14.3. The minimum Gasteiger partial charge on any atom is -0.542 e. The highest BCUT2D eigenvalue weighted by Gasteiger charge is 2.48. The highest BCUT2D eigenvalue weighted by atomic mass is 28.4. The third-order valence-electron chi connectivity index (χ3n) is 6.56. The minimum absolute atomic E-state index is 0.0294. The fourth-order valence-corrected chi connectivity index (χ4v) is 10.1. The van der Waals surface area contributed by atoms with Crippen LogP contribution < -0.4 is 4.43 Å². The Morgan fingerprint density at radius 2 is 0.897 bits per heavy atom. The first-order valence-electron chi connectivity index (χ1n) is 11.6. The summed E-state index contributed by atoms with van der Waals surface area (Å²) in [4.78, 5) is 0. The molecule has 0 aliphatic carbocycles. The van der Waals surface area contributed by atoms with Gasteiger partial charge in [-0.15, -0.1) is 0 Å². The highest BCUT2D eigenvalue weighted by molar-refractivity contribution is 6.78. The number of hydrogen-bond acceptors (Lipinski definition) is 1. The Morgan fingerprint density at radius 3 is 1.10 bits per heavy atom. The molecule has 0 bridgehead atoms. The molecular weight excluding hydrogens is 368 g/mol. The molecular formula is C27H50OSi. The summed E-state index contributed by atoms with van der Waals surface area (Å²) in [5.74, 6) is 1.18. The first kappa shape index (κ1) is 26.3. The number of rotatable bonds is 5. The Labute approximate surface area is 184 Å². The molecule has 0 aromatic heterocycles. The van der Waals surface area contributed by atoms with Crippen molar-refractivity contribution in [2.75, 3.05) is 0 Å². The summed E-state index contributed by atoms with van der Waals surface area (Å²) >= 11 is 0. The van der Waals surface area contributed by atoms with E-state index in [1.54, 1.807) is 0 Å². The van der Waals surface area contributed by atoms with Crippen molar-refractivity contribution >= 4 is 8.32 Å². The van der Waals surface area contributed by atoms with E-state index in [1.165, 1.54) is 22.4 Å². The van der Waals surface area contributed by atoms with Gasteiger partial charge < -0.3 is 4.43 Å². The van der Waals surface area contributed by atoms with Gasteiger partial charge in [0, 0.05) is 0 Å². The quantitative estimate of drug-likeness (QED) is 0.433. The van der Waals surface area contributed by atoms with Crippen LogP contribution in [-0.4, -0.2) is 8.32 Å². The van der Waals surface area contributed by atoms with Crippen molar-refractivity contribution in [3.63, 3.8) is 0 Å². The van der Waals surface area contributed by atoms with Crippen LogP contribution in [0.5, 0.6) is 5.75 Å². The summed E-state index contributed by atoms with van der Waals surface area (Å²) in [6.45, 7) is 35.2. The first-order chi connectivity index (χ1) is 12.8. The van der Waals surface area contributed by atoms with Crippen molar-refractivity contribution < 1.29 is 4.43 Å². The van der Waals surface area contributed by atoms with Gasteiger partial charge in [-0.2, -0.15) is 0 Å². The van der Waals surface area contributed by atoms with Crippen LogP contribution in [0.25, 0.3) is 0 Å². The molecule has 0 unspecified atom stereocenters. The SMILES string of the molecule is CC(C)[Si](Oc1c(C(C)(C)C)cc(C(C)(C)C)cc1C(C)(C)C)(C(C)C)C(C)C. The van der Waals surface area contributed by atoms with Crippen molar-refractivity contribution in [1.82, 2.24) is 0 Å². The maximum atomic E-state index is 7.41. The molecule has 29 heavy (non-hydrogen) atoms. The van der Waals surface area contributed by atoms with E-state index in [0.29, 0.717) is 16.6 Å². The van der Waals surface area contributed by atoms with Crippen molar-refractivity contribution in [3.05, 3.63) is 28.8 Å². The monoisotopic (exact) mass is 418 g/mol. The molecule has 0 heterocycles. The van der Waals surface area contributed by atoms with Crippen LogP contribution in [-0.2, 0) is 16.2 Å². The average molecular weight is 419 g/mol. The van der Waals surface area contributed by atoms with Gasteiger partial charge in [-0.3, -0.25) is 0 Å². The molecule has 0 amide bonds. The van der Waals surface area contributed by atoms with Gasteiger partial charge >= 0.3 is 0 Å². The average Bonchev–Trinajstić information content (AvgIpc) is 2.47. The molecule has 0 N–H and O–H groups in total. The molecule has 0 aliphatic heterocycles. The highest BCUT2D eigenvalue weighted by Crippen LogP contribution is 2.49. The standard InChI is InChI=1S/C27H50OSi/c1-18(2)29(19(3)4,20(5)6)28-24-22(26(10,11)12)16-21(25(7,8)9)17-23(24)27(13,14)15/h16-20H,1-15H3. The summed E-state index contributed by atoms with van der Waals surface area (Å²) in [6.07, 6.45) is 0. The summed E-state index contributed by atoms with van der Waals surface area (Å²) in [5.41, 5.74) is 6.00. The van der Waals surface area contributed by atoms with E-state index in [4.69, 9.17) is 4.43 Å². The Kier molecular flexibility index (Phi) is 7.61. The predicted octanol–water partition coefficient (Wildman–Crippen LogP) is 9.13. The van der Waals surface area contributed by atoms with Crippen molar-refractivity contribution in [1.29, 1.82) is 0 Å². The summed E-state index contributed by atoms with van der Waals surface area (Å²) in [5, 5.41) is 0. The zero-order valence-electron chi connectivity index (χ0n) is 22.3. The molecule has 168 valence electrons. The number of benzene rings is 1. The second-order valence-corrected chi connectivity index (χ2v) is 18.4. The van der Waals surface area contributed by atoms with Gasteiger partial charge in [-0.25, -0.2) is 0 Å². The minimum atomic E-state index is -2.05. The van der Waals surface area contributed by atoms with E-state index >= 15 is 0 Å². The van der Waals surface area contributed by atoms with E-state index < -0.39 is 8.32 Å². The van der Waals surface area contributed by atoms with E-state index in [9.17, 15) is 0 Å². The van der Waals surface area contributed by atoms with Crippen LogP contribution >= 0.6 is 0 Å². The smallest absolute Gasteiger partial charge is 0.258 e. The Morgan fingerprint density at radius 1 is 0.586 bits per heavy atom. The van der Waals surface area contributed by atoms with Crippen molar-refractivity contribution in [2.45, 2.75) is 137 Å². The topological polar surface area (TPSA) is 9.23 Å². The lowest BCUT2D eigenvalue weighted by molar-refractivity contribution is 0.435. The van der Waals surface area contributed by atoms with Gasteiger partial charge in [-0.1, -0.05) is 116 Å². The Hall–Kier alpha value is -0.763. The molecule has 0 atom stereocenters. The molecule has 1 aromatic rings. The van der Waals surface area contributed by atoms with Gasteiger partial charge in [-0.05, 0) is 49.6 Å². The molecule has 1 aromatic carbocycles.